The van der Waals surface area contributed by atoms with E-state index in [1.54, 1.807) is 7.11 Å². The number of ether oxygens (including phenoxy) is 1. The number of rotatable bonds is 4. The molecule has 7 heteroatoms. The van der Waals surface area contributed by atoms with Gasteiger partial charge in [0.1, 0.15) is 5.75 Å². The zero-order chi connectivity index (χ0) is 19.6. The maximum absolute atomic E-state index is 12.9. The third-order valence-corrected chi connectivity index (χ3v) is 7.98. The molecule has 0 bridgehead atoms. The van der Waals surface area contributed by atoms with Gasteiger partial charge in [-0.15, -0.1) is 23.1 Å². The molecular weight excluding hydrogens is 392 g/mol. The largest absolute Gasteiger partial charge is 0.497 e. The number of methoxy groups -OCH3 is 1. The second kappa shape index (κ2) is 8.17. The second-order valence-electron chi connectivity index (χ2n) is 7.13. The molecule has 3 heterocycles. The van der Waals surface area contributed by atoms with E-state index in [1.165, 1.54) is 11.3 Å². The number of thioether (sulfide) groups is 1. The first-order valence-corrected chi connectivity index (χ1v) is 11.4. The molecule has 0 atom stereocenters. The third kappa shape index (κ3) is 3.78. The fraction of sp³-hybridized carbons (Fsp3) is 0.429. The van der Waals surface area contributed by atoms with Crippen molar-refractivity contribution in [3.8, 4) is 5.75 Å². The van der Waals surface area contributed by atoms with Crippen molar-refractivity contribution in [3.63, 3.8) is 0 Å². The zero-order valence-corrected chi connectivity index (χ0v) is 17.6. The molecule has 2 amide bonds. The average Bonchev–Trinajstić information content (AvgIpc) is 3.39. The van der Waals surface area contributed by atoms with Gasteiger partial charge in [-0.1, -0.05) is 18.2 Å². The highest BCUT2D eigenvalue weighted by molar-refractivity contribution is 8.00. The van der Waals surface area contributed by atoms with Crippen LogP contribution in [0.25, 0.3) is 0 Å². The summed E-state index contributed by atoms with van der Waals surface area (Å²) in [5.41, 5.74) is 0.996. The molecule has 148 valence electrons. The summed E-state index contributed by atoms with van der Waals surface area (Å²) in [7, 11) is 1.64. The van der Waals surface area contributed by atoms with Crippen molar-refractivity contribution in [2.45, 2.75) is 24.1 Å². The molecule has 0 N–H and O–H groups in total. The summed E-state index contributed by atoms with van der Waals surface area (Å²) in [5, 5.41) is 1.95. The summed E-state index contributed by atoms with van der Waals surface area (Å²) in [5.74, 6) is 2.05. The first-order chi connectivity index (χ1) is 13.6. The van der Waals surface area contributed by atoms with E-state index in [-0.39, 0.29) is 16.7 Å². The van der Waals surface area contributed by atoms with Crippen LogP contribution in [0.3, 0.4) is 0 Å². The van der Waals surface area contributed by atoms with E-state index in [1.807, 2.05) is 58.4 Å². The minimum atomic E-state index is -0.155. The molecule has 28 heavy (non-hydrogen) atoms. The van der Waals surface area contributed by atoms with Crippen LogP contribution in [-0.4, -0.2) is 59.0 Å². The number of hydrogen-bond donors (Lipinski definition) is 0. The highest BCUT2D eigenvalue weighted by Crippen LogP contribution is 2.44. The number of likely N-dealkylation sites (tertiary alicyclic amines) is 1. The van der Waals surface area contributed by atoms with E-state index >= 15 is 0 Å². The smallest absolute Gasteiger partial charge is 0.265 e. The summed E-state index contributed by atoms with van der Waals surface area (Å²) < 4.78 is 5.17. The Hall–Kier alpha value is -1.99. The van der Waals surface area contributed by atoms with Crippen molar-refractivity contribution in [1.82, 2.24) is 9.80 Å². The summed E-state index contributed by atoms with van der Waals surface area (Å²) in [6.45, 7) is 2.20. The van der Waals surface area contributed by atoms with Crippen molar-refractivity contribution in [2.75, 3.05) is 32.5 Å². The Balaban J connectivity index is 1.37. The van der Waals surface area contributed by atoms with E-state index in [9.17, 15) is 9.59 Å². The van der Waals surface area contributed by atoms with Gasteiger partial charge in [0.25, 0.3) is 5.91 Å². The number of thiophene rings is 1. The Labute approximate surface area is 173 Å². The fourth-order valence-corrected chi connectivity index (χ4v) is 6.11. The quantitative estimate of drug-likeness (QED) is 0.765. The molecule has 1 spiro atoms. The van der Waals surface area contributed by atoms with Crippen molar-refractivity contribution < 1.29 is 14.3 Å². The second-order valence-corrected chi connectivity index (χ2v) is 9.54. The van der Waals surface area contributed by atoms with E-state index in [0.717, 1.165) is 41.3 Å². The molecule has 4 rings (SSSR count). The van der Waals surface area contributed by atoms with Crippen LogP contribution in [0.2, 0.25) is 0 Å². The van der Waals surface area contributed by atoms with Gasteiger partial charge in [-0.2, -0.15) is 0 Å². The van der Waals surface area contributed by atoms with Crippen LogP contribution in [0, 0.1) is 0 Å². The van der Waals surface area contributed by atoms with Gasteiger partial charge in [-0.3, -0.25) is 9.59 Å². The normalized spacial score (nSPS) is 18.5. The average molecular weight is 417 g/mol. The number of carbonyl (C=O) groups excluding carboxylic acids is 2. The Bertz CT molecular complexity index is 828. The topological polar surface area (TPSA) is 49.9 Å². The van der Waals surface area contributed by atoms with Crippen LogP contribution in [0.15, 0.2) is 41.8 Å². The number of carbonyl (C=O) groups is 2. The monoisotopic (exact) mass is 416 g/mol. The number of hydrogen-bond acceptors (Lipinski definition) is 5. The Morgan fingerprint density at radius 1 is 1.11 bits per heavy atom. The van der Waals surface area contributed by atoms with Crippen molar-refractivity contribution in [2.24, 2.45) is 0 Å². The third-order valence-electron chi connectivity index (χ3n) is 5.57. The lowest BCUT2D eigenvalue weighted by atomic mass is 10.0. The van der Waals surface area contributed by atoms with Gasteiger partial charge >= 0.3 is 0 Å². The molecule has 0 unspecified atom stereocenters. The lowest BCUT2D eigenvalue weighted by Gasteiger charge is -2.44. The highest BCUT2D eigenvalue weighted by Gasteiger charge is 2.47. The lowest BCUT2D eigenvalue weighted by molar-refractivity contribution is -0.132. The molecule has 2 fully saturated rings. The number of benzene rings is 1. The molecule has 1 aromatic heterocycles. The predicted octanol–water partition coefficient (Wildman–Crippen LogP) is 3.51. The maximum atomic E-state index is 12.9. The summed E-state index contributed by atoms with van der Waals surface area (Å²) in [6.07, 6.45) is 2.08. The molecule has 2 aliphatic rings. The molecule has 2 saturated heterocycles. The Kier molecular flexibility index (Phi) is 5.64. The van der Waals surface area contributed by atoms with Crippen molar-refractivity contribution in [1.29, 1.82) is 0 Å². The van der Waals surface area contributed by atoms with Crippen molar-refractivity contribution in [3.05, 3.63) is 52.2 Å². The first kappa shape index (κ1) is 19.3. The van der Waals surface area contributed by atoms with Gasteiger partial charge in [-0.25, -0.2) is 0 Å². The van der Waals surface area contributed by atoms with Crippen LogP contribution in [-0.2, 0) is 11.2 Å². The predicted molar refractivity (Wildman–Crippen MR) is 113 cm³/mol. The molecule has 0 aliphatic carbocycles. The molecule has 0 saturated carbocycles. The zero-order valence-electron chi connectivity index (χ0n) is 15.9. The van der Waals surface area contributed by atoms with Crippen LogP contribution in [0.4, 0.5) is 0 Å². The Morgan fingerprint density at radius 3 is 2.50 bits per heavy atom. The summed E-state index contributed by atoms with van der Waals surface area (Å²) in [4.78, 5) is 30.3. The number of piperidine rings is 1. The van der Waals surface area contributed by atoms with E-state index in [4.69, 9.17) is 4.74 Å². The van der Waals surface area contributed by atoms with Crippen LogP contribution < -0.4 is 4.74 Å². The van der Waals surface area contributed by atoms with Crippen LogP contribution in [0.5, 0.6) is 5.75 Å². The van der Waals surface area contributed by atoms with Gasteiger partial charge in [0.05, 0.1) is 23.3 Å². The minimum absolute atomic E-state index is 0.137. The minimum Gasteiger partial charge on any atom is -0.497 e. The summed E-state index contributed by atoms with van der Waals surface area (Å²) >= 11 is 3.38. The molecule has 2 aromatic rings. The van der Waals surface area contributed by atoms with E-state index < -0.39 is 0 Å². The highest BCUT2D eigenvalue weighted by atomic mass is 32.2. The number of nitrogens with zero attached hydrogens (tertiary/aromatic N) is 2. The van der Waals surface area contributed by atoms with Gasteiger partial charge < -0.3 is 14.5 Å². The standard InChI is InChI=1S/C21H24N2O3S2/c1-26-17-6-4-16(5-7-17)15-19(24)22-10-8-21(9-11-22)23(12-14-28-21)20(25)18-3-2-13-27-18/h2-7,13H,8-12,14-15H2,1H3. The van der Waals surface area contributed by atoms with Crippen LogP contribution >= 0.6 is 23.1 Å². The molecular formula is C21H24N2O3S2. The van der Waals surface area contributed by atoms with Crippen LogP contribution in [0.1, 0.15) is 28.1 Å². The van der Waals surface area contributed by atoms with Gasteiger partial charge in [0.15, 0.2) is 0 Å². The van der Waals surface area contributed by atoms with Crippen molar-refractivity contribution >= 4 is 34.9 Å². The fourth-order valence-electron chi connectivity index (χ4n) is 3.98. The van der Waals surface area contributed by atoms with E-state index in [0.29, 0.717) is 19.5 Å². The number of amides is 2. The SMILES string of the molecule is COc1ccc(CC(=O)N2CCC3(CC2)SCCN3C(=O)c2cccs2)cc1. The maximum Gasteiger partial charge on any atom is 0.265 e. The molecule has 5 nitrogen and oxygen atoms in total. The van der Waals surface area contributed by atoms with Gasteiger partial charge in [0.2, 0.25) is 5.91 Å². The lowest BCUT2D eigenvalue weighted by Crippen LogP contribution is -2.53. The van der Waals surface area contributed by atoms with Gasteiger partial charge in [0, 0.05) is 25.4 Å². The first-order valence-electron chi connectivity index (χ1n) is 9.51. The molecule has 2 aliphatic heterocycles. The van der Waals surface area contributed by atoms with E-state index in [2.05, 4.69) is 4.90 Å². The molecule has 1 aromatic carbocycles. The summed E-state index contributed by atoms with van der Waals surface area (Å²) in [6, 6.07) is 11.5. The Morgan fingerprint density at radius 2 is 1.86 bits per heavy atom. The van der Waals surface area contributed by atoms with Gasteiger partial charge in [-0.05, 0) is 42.0 Å². The molecule has 0 radical (unpaired) electrons.